The molecule has 0 saturated carbocycles. The molecule has 1 aromatic carbocycles. The average molecular weight is 258 g/mol. The summed E-state index contributed by atoms with van der Waals surface area (Å²) in [5.41, 5.74) is -0.602. The maximum absolute atomic E-state index is 12.1. The number of imidazole rings is 1. The SMILES string of the molecule is O=c1[nH]c2[nH]c(=O)n(Cc3ccccc3)c(=O)c2[nH]1. The molecule has 3 N–H and O–H groups in total. The first-order valence-electron chi connectivity index (χ1n) is 5.64. The van der Waals surface area contributed by atoms with Gasteiger partial charge in [-0.05, 0) is 5.56 Å². The van der Waals surface area contributed by atoms with Gasteiger partial charge >= 0.3 is 11.4 Å². The monoisotopic (exact) mass is 258 g/mol. The van der Waals surface area contributed by atoms with Crippen molar-refractivity contribution in [2.45, 2.75) is 6.54 Å². The van der Waals surface area contributed by atoms with E-state index < -0.39 is 16.9 Å². The third kappa shape index (κ3) is 1.90. The van der Waals surface area contributed by atoms with E-state index in [1.165, 1.54) is 0 Å². The second kappa shape index (κ2) is 4.13. The highest BCUT2D eigenvalue weighted by atomic mass is 16.2. The molecular formula is C12H10N4O3. The van der Waals surface area contributed by atoms with Gasteiger partial charge in [0, 0.05) is 0 Å². The summed E-state index contributed by atoms with van der Waals surface area (Å²) in [7, 11) is 0. The van der Waals surface area contributed by atoms with Crippen LogP contribution >= 0.6 is 0 Å². The lowest BCUT2D eigenvalue weighted by atomic mass is 10.2. The fraction of sp³-hybridized carbons (Fsp3) is 0.0833. The predicted molar refractivity (Wildman–Crippen MR) is 69.3 cm³/mol. The summed E-state index contributed by atoms with van der Waals surface area (Å²) < 4.78 is 1.04. The Hall–Kier alpha value is -2.83. The van der Waals surface area contributed by atoms with E-state index in [1.807, 2.05) is 30.3 Å². The Morgan fingerprint density at radius 1 is 0.947 bits per heavy atom. The van der Waals surface area contributed by atoms with Crippen LogP contribution in [0.2, 0.25) is 0 Å². The molecule has 0 unspecified atom stereocenters. The van der Waals surface area contributed by atoms with Crippen LogP contribution < -0.4 is 16.9 Å². The van der Waals surface area contributed by atoms with Gasteiger partial charge < -0.3 is 0 Å². The molecule has 7 heteroatoms. The van der Waals surface area contributed by atoms with Crippen molar-refractivity contribution in [3.63, 3.8) is 0 Å². The Balaban J connectivity index is 2.21. The molecule has 0 atom stereocenters. The maximum atomic E-state index is 12.1. The molecule has 3 aromatic rings. The molecule has 96 valence electrons. The normalized spacial score (nSPS) is 10.9. The smallest absolute Gasteiger partial charge is 0.300 e. The highest BCUT2D eigenvalue weighted by molar-refractivity contribution is 5.67. The molecule has 0 radical (unpaired) electrons. The predicted octanol–water partition coefficient (Wildman–Crippen LogP) is -0.246. The number of aromatic amines is 3. The van der Waals surface area contributed by atoms with E-state index in [0.29, 0.717) is 0 Å². The van der Waals surface area contributed by atoms with Crippen molar-refractivity contribution in [3.05, 3.63) is 67.2 Å². The average Bonchev–Trinajstić information content (AvgIpc) is 2.76. The largest absolute Gasteiger partial charge is 0.330 e. The lowest BCUT2D eigenvalue weighted by molar-refractivity contribution is 0.709. The first-order valence-corrected chi connectivity index (χ1v) is 5.64. The van der Waals surface area contributed by atoms with E-state index in [-0.39, 0.29) is 17.7 Å². The summed E-state index contributed by atoms with van der Waals surface area (Å²) >= 11 is 0. The first-order chi connectivity index (χ1) is 9.15. The lowest BCUT2D eigenvalue weighted by Gasteiger charge is -2.04. The zero-order chi connectivity index (χ0) is 13.4. The van der Waals surface area contributed by atoms with E-state index in [2.05, 4.69) is 15.0 Å². The van der Waals surface area contributed by atoms with Gasteiger partial charge in [-0.1, -0.05) is 30.3 Å². The van der Waals surface area contributed by atoms with E-state index >= 15 is 0 Å². The Kier molecular flexibility index (Phi) is 2.45. The minimum Gasteiger partial charge on any atom is -0.300 e. The second-order valence-corrected chi connectivity index (χ2v) is 4.14. The van der Waals surface area contributed by atoms with E-state index in [0.717, 1.165) is 10.1 Å². The van der Waals surface area contributed by atoms with Gasteiger partial charge in [0.1, 0.15) is 5.65 Å². The Morgan fingerprint density at radius 2 is 1.68 bits per heavy atom. The van der Waals surface area contributed by atoms with Crippen LogP contribution in [0.15, 0.2) is 44.7 Å². The van der Waals surface area contributed by atoms with Crippen LogP contribution in [0.25, 0.3) is 11.2 Å². The molecule has 2 heterocycles. The highest BCUT2D eigenvalue weighted by Crippen LogP contribution is 2.00. The lowest BCUT2D eigenvalue weighted by Crippen LogP contribution is -2.35. The Morgan fingerprint density at radius 3 is 2.42 bits per heavy atom. The van der Waals surface area contributed by atoms with Crippen LogP contribution in [0.5, 0.6) is 0 Å². The van der Waals surface area contributed by atoms with E-state index in [1.54, 1.807) is 0 Å². The molecular weight excluding hydrogens is 248 g/mol. The van der Waals surface area contributed by atoms with Gasteiger partial charge in [-0.25, -0.2) is 9.59 Å². The maximum Gasteiger partial charge on any atom is 0.330 e. The number of H-pyrrole nitrogens is 3. The zero-order valence-electron chi connectivity index (χ0n) is 9.77. The molecule has 0 bridgehead atoms. The number of nitrogens with one attached hydrogen (secondary N) is 3. The van der Waals surface area contributed by atoms with Crippen molar-refractivity contribution < 1.29 is 0 Å². The van der Waals surface area contributed by atoms with Gasteiger partial charge in [-0.3, -0.25) is 24.3 Å². The van der Waals surface area contributed by atoms with Gasteiger partial charge in [0.25, 0.3) is 5.56 Å². The summed E-state index contributed by atoms with van der Waals surface area (Å²) in [5, 5.41) is 0. The number of hydrogen-bond donors (Lipinski definition) is 3. The van der Waals surface area contributed by atoms with Crippen molar-refractivity contribution in [1.29, 1.82) is 0 Å². The van der Waals surface area contributed by atoms with Gasteiger partial charge in [0.2, 0.25) is 0 Å². The van der Waals surface area contributed by atoms with Crippen LogP contribution in [0.1, 0.15) is 5.56 Å². The summed E-state index contributed by atoms with van der Waals surface area (Å²) in [6.07, 6.45) is 0. The van der Waals surface area contributed by atoms with Crippen LogP contribution in [-0.2, 0) is 6.54 Å². The van der Waals surface area contributed by atoms with Crippen molar-refractivity contribution in [2.75, 3.05) is 0 Å². The molecule has 0 aliphatic carbocycles. The summed E-state index contributed by atoms with van der Waals surface area (Å²) in [6.45, 7) is 0.151. The minimum absolute atomic E-state index is 0.0699. The number of rotatable bonds is 2. The highest BCUT2D eigenvalue weighted by Gasteiger charge is 2.10. The van der Waals surface area contributed by atoms with Gasteiger partial charge in [-0.2, -0.15) is 0 Å². The quantitative estimate of drug-likeness (QED) is 0.590. The van der Waals surface area contributed by atoms with Crippen molar-refractivity contribution in [3.8, 4) is 0 Å². The molecule has 0 fully saturated rings. The van der Waals surface area contributed by atoms with Crippen LogP contribution in [0.3, 0.4) is 0 Å². The molecule has 19 heavy (non-hydrogen) atoms. The van der Waals surface area contributed by atoms with Crippen LogP contribution in [0, 0.1) is 0 Å². The molecule has 2 aromatic heterocycles. The van der Waals surface area contributed by atoms with Gasteiger partial charge in [-0.15, -0.1) is 0 Å². The first kappa shape index (κ1) is 11.3. The molecule has 0 amide bonds. The van der Waals surface area contributed by atoms with Crippen LogP contribution in [-0.4, -0.2) is 19.5 Å². The number of benzene rings is 1. The Labute approximate surface area is 105 Å². The van der Waals surface area contributed by atoms with E-state index in [9.17, 15) is 14.4 Å². The fourth-order valence-corrected chi connectivity index (χ4v) is 1.95. The molecule has 3 rings (SSSR count). The zero-order valence-corrected chi connectivity index (χ0v) is 9.77. The topological polar surface area (TPSA) is 104 Å². The number of fused-ring (bicyclic) bond motifs is 1. The number of hydrogen-bond acceptors (Lipinski definition) is 3. The molecule has 0 aliphatic heterocycles. The second-order valence-electron chi connectivity index (χ2n) is 4.14. The van der Waals surface area contributed by atoms with Crippen LogP contribution in [0.4, 0.5) is 0 Å². The molecule has 7 nitrogen and oxygen atoms in total. The third-order valence-corrected chi connectivity index (χ3v) is 2.85. The minimum atomic E-state index is -0.559. The van der Waals surface area contributed by atoms with Gasteiger partial charge in [0.05, 0.1) is 6.54 Å². The summed E-state index contributed by atoms with van der Waals surface area (Å²) in [4.78, 5) is 42.3. The third-order valence-electron chi connectivity index (χ3n) is 2.85. The van der Waals surface area contributed by atoms with Crippen molar-refractivity contribution in [1.82, 2.24) is 19.5 Å². The Bertz CT molecular complexity index is 898. The van der Waals surface area contributed by atoms with E-state index in [4.69, 9.17) is 0 Å². The molecule has 0 spiro atoms. The number of aromatic nitrogens is 4. The summed E-state index contributed by atoms with van der Waals surface area (Å²) in [5.74, 6) is 0. The molecule has 0 saturated heterocycles. The molecule has 0 aliphatic rings. The summed E-state index contributed by atoms with van der Waals surface area (Å²) in [6, 6.07) is 9.13. The standard InChI is InChI=1S/C12H10N4O3/c17-10-8-9(14-11(18)13-8)15-12(19)16(10)6-7-4-2-1-3-5-7/h1-5H,6H2,(H,15,19)(H2,13,14,18). The van der Waals surface area contributed by atoms with Crippen molar-refractivity contribution in [2.24, 2.45) is 0 Å². The van der Waals surface area contributed by atoms with Crippen molar-refractivity contribution >= 4 is 11.2 Å². The fourth-order valence-electron chi connectivity index (χ4n) is 1.95. The van der Waals surface area contributed by atoms with Gasteiger partial charge in [0.15, 0.2) is 5.52 Å². The number of nitrogens with zero attached hydrogens (tertiary/aromatic N) is 1.